The Morgan fingerprint density at radius 1 is 0.971 bits per heavy atom. The number of sulfone groups is 1. The highest BCUT2D eigenvalue weighted by molar-refractivity contribution is 7.90. The lowest BCUT2D eigenvalue weighted by atomic mass is 9.97. The predicted octanol–water partition coefficient (Wildman–Crippen LogP) is 2.83. The number of nitrogens with zero attached hydrogens (tertiary/aromatic N) is 3. The van der Waals surface area contributed by atoms with Gasteiger partial charge in [-0.05, 0) is 61.4 Å². The van der Waals surface area contributed by atoms with Crippen LogP contribution in [0, 0.1) is 5.92 Å². The maximum atomic E-state index is 12.9. The van der Waals surface area contributed by atoms with Gasteiger partial charge in [0.1, 0.15) is 0 Å². The molecule has 2 aromatic carbocycles. The van der Waals surface area contributed by atoms with E-state index in [-0.39, 0.29) is 40.7 Å². The monoisotopic (exact) mass is 524 g/mol. The molecule has 2 heterocycles. The zero-order valence-electron chi connectivity index (χ0n) is 18.0. The first kappa shape index (κ1) is 24.3. The first-order valence-electron chi connectivity index (χ1n) is 10.2. The Morgan fingerprint density at radius 3 is 2.15 bits per heavy atom. The molecule has 1 N–H and O–H groups in total. The highest BCUT2D eigenvalue weighted by Crippen LogP contribution is 2.26. The molecule has 0 unspecified atom stereocenters. The SMILES string of the molecule is CS(=O)(=O)c1ccc(S(=O)(=O)N2CCC(C(=O)Nc3nnc(-c4ccc(Cl)cc4)o3)CC2)cc1. The quantitative estimate of drug-likeness (QED) is 0.519. The van der Waals surface area contributed by atoms with Gasteiger partial charge in [0.2, 0.25) is 21.8 Å². The number of piperidine rings is 1. The molecule has 1 aliphatic rings. The van der Waals surface area contributed by atoms with Crippen LogP contribution in [-0.4, -0.2) is 56.6 Å². The molecule has 34 heavy (non-hydrogen) atoms. The number of halogens is 1. The average Bonchev–Trinajstić information content (AvgIpc) is 3.27. The molecule has 10 nitrogen and oxygen atoms in total. The number of anilines is 1. The van der Waals surface area contributed by atoms with Gasteiger partial charge in [-0.3, -0.25) is 10.1 Å². The Hall–Kier alpha value is -2.80. The largest absolute Gasteiger partial charge is 0.403 e. The van der Waals surface area contributed by atoms with Gasteiger partial charge in [-0.15, -0.1) is 5.10 Å². The van der Waals surface area contributed by atoms with Crippen LogP contribution in [0.4, 0.5) is 6.01 Å². The number of hydrogen-bond donors (Lipinski definition) is 1. The zero-order chi connectivity index (χ0) is 24.5. The van der Waals surface area contributed by atoms with E-state index in [1.807, 2.05) is 0 Å². The lowest BCUT2D eigenvalue weighted by Gasteiger charge is -2.30. The lowest BCUT2D eigenvalue weighted by molar-refractivity contribution is -0.121. The molecule has 0 radical (unpaired) electrons. The van der Waals surface area contributed by atoms with Crippen molar-refractivity contribution in [3.05, 3.63) is 53.6 Å². The fraction of sp³-hybridized carbons (Fsp3) is 0.286. The van der Waals surface area contributed by atoms with Gasteiger partial charge in [0.25, 0.3) is 0 Å². The van der Waals surface area contributed by atoms with Crippen molar-refractivity contribution in [1.82, 2.24) is 14.5 Å². The molecule has 0 atom stereocenters. The molecule has 0 saturated carbocycles. The second kappa shape index (κ2) is 9.45. The normalized spacial score (nSPS) is 15.8. The summed E-state index contributed by atoms with van der Waals surface area (Å²) in [6, 6.07) is 11.8. The molecule has 1 aromatic heterocycles. The molecule has 0 aliphatic carbocycles. The Morgan fingerprint density at radius 2 is 1.56 bits per heavy atom. The number of hydrogen-bond acceptors (Lipinski definition) is 8. The third-order valence-electron chi connectivity index (χ3n) is 5.46. The van der Waals surface area contributed by atoms with E-state index in [1.165, 1.54) is 28.6 Å². The third kappa shape index (κ3) is 5.30. The fourth-order valence-corrected chi connectivity index (χ4v) is 5.78. The molecule has 0 spiro atoms. The summed E-state index contributed by atoms with van der Waals surface area (Å²) in [4.78, 5) is 12.7. The minimum absolute atomic E-state index is 0.00314. The predicted molar refractivity (Wildman–Crippen MR) is 124 cm³/mol. The standard InChI is InChI=1S/C21H21ClN4O6S2/c1-33(28,29)17-6-8-18(9-7-17)34(30,31)26-12-10-14(11-13-26)19(27)23-21-25-24-20(32-21)15-2-4-16(22)5-3-15/h2-9,14H,10-13H2,1H3,(H,23,25,27). The molecule has 0 bridgehead atoms. The topological polar surface area (TPSA) is 140 Å². The molecule has 1 saturated heterocycles. The van der Waals surface area contributed by atoms with Crippen molar-refractivity contribution in [3.8, 4) is 11.5 Å². The Labute approximate surface area is 201 Å². The van der Waals surface area contributed by atoms with Gasteiger partial charge in [-0.2, -0.15) is 4.31 Å². The van der Waals surface area contributed by atoms with Crippen molar-refractivity contribution >= 4 is 43.4 Å². The maximum Gasteiger partial charge on any atom is 0.322 e. The van der Waals surface area contributed by atoms with E-state index in [1.54, 1.807) is 24.3 Å². The first-order valence-corrected chi connectivity index (χ1v) is 14.0. The summed E-state index contributed by atoms with van der Waals surface area (Å²) in [6.45, 7) is 0.294. The van der Waals surface area contributed by atoms with E-state index < -0.39 is 25.8 Å². The summed E-state index contributed by atoms with van der Waals surface area (Å²) < 4.78 is 55.8. The highest BCUT2D eigenvalue weighted by atomic mass is 35.5. The van der Waals surface area contributed by atoms with Crippen molar-refractivity contribution in [1.29, 1.82) is 0 Å². The van der Waals surface area contributed by atoms with Crippen molar-refractivity contribution in [2.75, 3.05) is 24.7 Å². The number of carbonyl (C=O) groups is 1. The average molecular weight is 525 g/mol. The van der Waals surface area contributed by atoms with Crippen LogP contribution in [0.1, 0.15) is 12.8 Å². The maximum absolute atomic E-state index is 12.9. The molecule has 1 fully saturated rings. The third-order valence-corrected chi connectivity index (χ3v) is 8.75. The Kier molecular flexibility index (Phi) is 6.76. The smallest absolute Gasteiger partial charge is 0.322 e. The van der Waals surface area contributed by atoms with Gasteiger partial charge in [-0.25, -0.2) is 16.8 Å². The number of benzene rings is 2. The summed E-state index contributed by atoms with van der Waals surface area (Å²) in [5.74, 6) is -0.527. The lowest BCUT2D eigenvalue weighted by Crippen LogP contribution is -2.41. The molecule has 1 aliphatic heterocycles. The van der Waals surface area contributed by atoms with Gasteiger partial charge in [0.05, 0.1) is 9.79 Å². The number of sulfonamides is 1. The van der Waals surface area contributed by atoms with Crippen molar-refractivity contribution in [2.24, 2.45) is 5.92 Å². The van der Waals surface area contributed by atoms with Crippen LogP contribution in [0.15, 0.2) is 62.7 Å². The van der Waals surface area contributed by atoms with Crippen LogP contribution in [0.25, 0.3) is 11.5 Å². The van der Waals surface area contributed by atoms with Crippen LogP contribution in [0.5, 0.6) is 0 Å². The molecule has 4 rings (SSSR count). The summed E-state index contributed by atoms with van der Waals surface area (Å²) in [6.07, 6.45) is 1.68. The summed E-state index contributed by atoms with van der Waals surface area (Å²) in [7, 11) is -7.23. The number of aromatic nitrogens is 2. The minimum Gasteiger partial charge on any atom is -0.403 e. The van der Waals surface area contributed by atoms with Crippen molar-refractivity contribution < 1.29 is 26.0 Å². The van der Waals surface area contributed by atoms with E-state index >= 15 is 0 Å². The number of nitrogens with one attached hydrogen (secondary N) is 1. The molecular weight excluding hydrogens is 504 g/mol. The van der Waals surface area contributed by atoms with Crippen LogP contribution in [-0.2, 0) is 24.7 Å². The van der Waals surface area contributed by atoms with Crippen LogP contribution < -0.4 is 5.32 Å². The highest BCUT2D eigenvalue weighted by Gasteiger charge is 2.32. The molecule has 13 heteroatoms. The Balaban J connectivity index is 1.36. The second-order valence-electron chi connectivity index (χ2n) is 7.83. The molecule has 180 valence electrons. The first-order chi connectivity index (χ1) is 16.0. The molecular formula is C21H21ClN4O6S2. The van der Waals surface area contributed by atoms with Crippen LogP contribution in [0.3, 0.4) is 0 Å². The van der Waals surface area contributed by atoms with Crippen molar-refractivity contribution in [2.45, 2.75) is 22.6 Å². The zero-order valence-corrected chi connectivity index (χ0v) is 20.4. The van der Waals surface area contributed by atoms with E-state index in [2.05, 4.69) is 15.5 Å². The number of amides is 1. The van der Waals surface area contributed by atoms with Crippen LogP contribution >= 0.6 is 11.6 Å². The minimum atomic E-state index is -3.81. The van der Waals surface area contributed by atoms with Gasteiger partial charge < -0.3 is 4.42 Å². The van der Waals surface area contributed by atoms with Gasteiger partial charge in [0, 0.05) is 35.8 Å². The summed E-state index contributed by atoms with van der Waals surface area (Å²) >= 11 is 5.87. The second-order valence-corrected chi connectivity index (χ2v) is 12.2. The fourth-order valence-electron chi connectivity index (χ4n) is 3.56. The summed E-state index contributed by atoms with van der Waals surface area (Å²) in [5, 5.41) is 10.9. The molecule has 1 amide bonds. The summed E-state index contributed by atoms with van der Waals surface area (Å²) in [5.41, 5.74) is 0.653. The van der Waals surface area contributed by atoms with Gasteiger partial charge >= 0.3 is 6.01 Å². The van der Waals surface area contributed by atoms with Crippen molar-refractivity contribution in [3.63, 3.8) is 0 Å². The van der Waals surface area contributed by atoms with E-state index in [0.29, 0.717) is 23.4 Å². The van der Waals surface area contributed by atoms with E-state index in [9.17, 15) is 21.6 Å². The van der Waals surface area contributed by atoms with Crippen LogP contribution in [0.2, 0.25) is 5.02 Å². The van der Waals surface area contributed by atoms with E-state index in [4.69, 9.17) is 16.0 Å². The number of carbonyl (C=O) groups excluding carboxylic acids is 1. The Bertz CT molecular complexity index is 1400. The number of rotatable bonds is 6. The van der Waals surface area contributed by atoms with E-state index in [0.717, 1.165) is 6.26 Å². The van der Waals surface area contributed by atoms with Gasteiger partial charge in [0.15, 0.2) is 9.84 Å². The molecule has 3 aromatic rings. The van der Waals surface area contributed by atoms with Gasteiger partial charge in [-0.1, -0.05) is 16.7 Å².